The number of anilines is 1. The van der Waals surface area contributed by atoms with Crippen LogP contribution in [0.15, 0.2) is 41.3 Å². The topological polar surface area (TPSA) is 122 Å². The van der Waals surface area contributed by atoms with Crippen LogP contribution in [-0.2, 0) is 35.3 Å². The van der Waals surface area contributed by atoms with Gasteiger partial charge in [-0.25, -0.2) is 21.1 Å². The Morgan fingerprint density at radius 2 is 1.63 bits per heavy atom. The maximum absolute atomic E-state index is 13.1. The Balaban J connectivity index is 1.42. The van der Waals surface area contributed by atoms with Gasteiger partial charge in [0.15, 0.2) is 0 Å². The van der Waals surface area contributed by atoms with E-state index in [1.807, 2.05) is 0 Å². The number of nitrogens with one attached hydrogen (secondary N) is 1. The summed E-state index contributed by atoms with van der Waals surface area (Å²) in [4.78, 5) is 13.1. The van der Waals surface area contributed by atoms with Crippen molar-refractivity contribution >= 4 is 54.8 Å². The van der Waals surface area contributed by atoms with E-state index in [0.29, 0.717) is 37.4 Å². The van der Waals surface area contributed by atoms with Gasteiger partial charge in [-0.1, -0.05) is 29.3 Å². The molecule has 1 N–H and O–H groups in total. The lowest BCUT2D eigenvalue weighted by Gasteiger charge is -2.31. The lowest BCUT2D eigenvalue weighted by molar-refractivity contribution is -0.120. The van der Waals surface area contributed by atoms with Crippen molar-refractivity contribution in [2.24, 2.45) is 5.92 Å². The Kier molecular flexibility index (Phi) is 9.23. The first-order valence-corrected chi connectivity index (χ1v) is 15.8. The molecule has 0 aromatic heterocycles. The summed E-state index contributed by atoms with van der Waals surface area (Å²) in [6.07, 6.45) is 0.602. The van der Waals surface area contributed by atoms with Gasteiger partial charge in [0, 0.05) is 47.7 Å². The van der Waals surface area contributed by atoms with Gasteiger partial charge in [0.1, 0.15) is 5.75 Å². The lowest BCUT2D eigenvalue weighted by Crippen LogP contribution is -2.42. The normalized spacial score (nSPS) is 18.3. The molecule has 0 spiro atoms. The number of morpholine rings is 1. The number of carbonyl (C=O) groups is 1. The molecule has 2 aliphatic rings. The van der Waals surface area contributed by atoms with E-state index < -0.39 is 26.0 Å². The maximum atomic E-state index is 13.1. The fourth-order valence-corrected chi connectivity index (χ4v) is 8.21. The highest BCUT2D eigenvalue weighted by atomic mass is 35.5. The molecule has 2 aliphatic heterocycles. The largest absolute Gasteiger partial charge is 0.495 e. The first-order valence-electron chi connectivity index (χ1n) is 12.0. The SMILES string of the molecule is COc1ccc(S(=O)(=O)N2CCOCC2)cc1NC(=O)C1CCN(S(=O)(=O)Cc2c(Cl)cccc2Cl)CC1. The van der Waals surface area contributed by atoms with Crippen molar-refractivity contribution in [2.45, 2.75) is 23.5 Å². The molecule has 2 heterocycles. The molecule has 2 fully saturated rings. The number of hydrogen-bond donors (Lipinski definition) is 1. The van der Waals surface area contributed by atoms with Crippen LogP contribution in [0.5, 0.6) is 5.75 Å². The smallest absolute Gasteiger partial charge is 0.243 e. The average Bonchev–Trinajstić information content (AvgIpc) is 2.91. The van der Waals surface area contributed by atoms with E-state index in [-0.39, 0.29) is 58.5 Å². The van der Waals surface area contributed by atoms with Crippen LogP contribution in [0.1, 0.15) is 18.4 Å². The second kappa shape index (κ2) is 12.1. The predicted octanol–water partition coefficient (Wildman–Crippen LogP) is 3.20. The van der Waals surface area contributed by atoms with Crippen LogP contribution in [-0.4, -0.2) is 77.9 Å². The number of carbonyl (C=O) groups excluding carboxylic acids is 1. The monoisotopic (exact) mass is 605 g/mol. The highest BCUT2D eigenvalue weighted by Gasteiger charge is 2.33. The van der Waals surface area contributed by atoms with Gasteiger partial charge in [-0.15, -0.1) is 0 Å². The van der Waals surface area contributed by atoms with Gasteiger partial charge in [0.2, 0.25) is 26.0 Å². The lowest BCUT2D eigenvalue weighted by atomic mass is 9.97. The van der Waals surface area contributed by atoms with Gasteiger partial charge in [-0.2, -0.15) is 4.31 Å². The Morgan fingerprint density at radius 1 is 1.00 bits per heavy atom. The van der Waals surface area contributed by atoms with Crippen molar-refractivity contribution in [2.75, 3.05) is 51.8 Å². The van der Waals surface area contributed by atoms with Gasteiger partial charge < -0.3 is 14.8 Å². The number of benzene rings is 2. The third kappa shape index (κ3) is 6.44. The van der Waals surface area contributed by atoms with Gasteiger partial charge in [0.25, 0.3) is 0 Å². The predicted molar refractivity (Wildman–Crippen MR) is 145 cm³/mol. The fourth-order valence-electron chi connectivity index (χ4n) is 4.46. The van der Waals surface area contributed by atoms with Crippen LogP contribution in [0, 0.1) is 5.92 Å². The summed E-state index contributed by atoms with van der Waals surface area (Å²) in [6.45, 7) is 1.45. The Hall–Kier alpha value is -1.93. The second-order valence-electron chi connectivity index (χ2n) is 9.00. The molecule has 1 amide bonds. The number of sulfonamides is 2. The Morgan fingerprint density at radius 3 is 2.24 bits per heavy atom. The van der Waals surface area contributed by atoms with Crippen molar-refractivity contribution in [3.05, 3.63) is 52.0 Å². The van der Waals surface area contributed by atoms with Gasteiger partial charge >= 0.3 is 0 Å². The quantitative estimate of drug-likeness (QED) is 0.490. The molecule has 0 bridgehead atoms. The molecule has 2 aromatic rings. The zero-order chi connectivity index (χ0) is 27.5. The summed E-state index contributed by atoms with van der Waals surface area (Å²) in [6, 6.07) is 9.14. The van der Waals surface area contributed by atoms with Crippen molar-refractivity contribution in [3.63, 3.8) is 0 Å². The standard InChI is InChI=1S/C24H29Cl2N3O7S2/c1-35-23-6-5-18(38(33,34)29-11-13-36-14-12-29)15-22(23)27-24(30)17-7-9-28(10-8-17)37(31,32)16-19-20(25)3-2-4-21(19)26/h2-6,15,17H,7-14,16H2,1H3,(H,27,30). The first-order chi connectivity index (χ1) is 18.0. The number of nitrogens with zero attached hydrogens (tertiary/aromatic N) is 2. The molecule has 0 atom stereocenters. The number of rotatable bonds is 8. The summed E-state index contributed by atoms with van der Waals surface area (Å²) in [5, 5.41) is 3.34. The second-order valence-corrected chi connectivity index (χ2v) is 13.7. The van der Waals surface area contributed by atoms with E-state index in [2.05, 4.69) is 5.32 Å². The number of hydrogen-bond acceptors (Lipinski definition) is 7. The highest BCUT2D eigenvalue weighted by molar-refractivity contribution is 7.89. The number of methoxy groups -OCH3 is 1. The first kappa shape index (κ1) is 29.1. The molecule has 2 aromatic carbocycles. The third-order valence-electron chi connectivity index (χ3n) is 6.64. The minimum atomic E-state index is -3.77. The summed E-state index contributed by atoms with van der Waals surface area (Å²) in [7, 11) is -6.05. The molecular formula is C24H29Cl2N3O7S2. The number of halogens is 2. The zero-order valence-electron chi connectivity index (χ0n) is 20.7. The fraction of sp³-hybridized carbons (Fsp3) is 0.458. The molecule has 2 saturated heterocycles. The van der Waals surface area contributed by atoms with Gasteiger partial charge in [0.05, 0.1) is 36.7 Å². The van der Waals surface area contributed by atoms with E-state index in [1.165, 1.54) is 33.9 Å². The summed E-state index contributed by atoms with van der Waals surface area (Å²) < 4.78 is 65.4. The number of piperidine rings is 1. The molecule has 0 radical (unpaired) electrons. The van der Waals surface area contributed by atoms with Crippen LogP contribution >= 0.6 is 23.2 Å². The third-order valence-corrected chi connectivity index (χ3v) is 11.1. The van der Waals surface area contributed by atoms with Crippen molar-refractivity contribution in [3.8, 4) is 5.75 Å². The maximum Gasteiger partial charge on any atom is 0.243 e. The van der Waals surface area contributed by atoms with E-state index in [1.54, 1.807) is 18.2 Å². The molecule has 38 heavy (non-hydrogen) atoms. The summed E-state index contributed by atoms with van der Waals surface area (Å²) in [5.74, 6) is -0.815. The summed E-state index contributed by atoms with van der Waals surface area (Å²) in [5.41, 5.74) is 0.574. The number of amides is 1. The van der Waals surface area contributed by atoms with Crippen LogP contribution < -0.4 is 10.1 Å². The van der Waals surface area contributed by atoms with Crippen molar-refractivity contribution < 1.29 is 31.1 Å². The van der Waals surface area contributed by atoms with Gasteiger partial charge in [-0.05, 0) is 43.2 Å². The molecule has 14 heteroatoms. The van der Waals surface area contributed by atoms with Crippen LogP contribution in [0.4, 0.5) is 5.69 Å². The molecule has 0 aliphatic carbocycles. The van der Waals surface area contributed by atoms with Crippen LogP contribution in [0.3, 0.4) is 0 Å². The molecule has 208 valence electrons. The van der Waals surface area contributed by atoms with Crippen molar-refractivity contribution in [1.29, 1.82) is 0 Å². The van der Waals surface area contributed by atoms with E-state index >= 15 is 0 Å². The molecule has 10 nitrogen and oxygen atoms in total. The molecule has 0 saturated carbocycles. The molecule has 0 unspecified atom stereocenters. The number of ether oxygens (including phenoxy) is 2. The van der Waals surface area contributed by atoms with Gasteiger partial charge in [-0.3, -0.25) is 4.79 Å². The van der Waals surface area contributed by atoms with Crippen LogP contribution in [0.25, 0.3) is 0 Å². The van der Waals surface area contributed by atoms with E-state index in [9.17, 15) is 21.6 Å². The molecule has 4 rings (SSSR count). The zero-order valence-corrected chi connectivity index (χ0v) is 23.9. The van der Waals surface area contributed by atoms with E-state index in [0.717, 1.165) is 0 Å². The van der Waals surface area contributed by atoms with E-state index in [4.69, 9.17) is 32.7 Å². The minimum absolute atomic E-state index is 0.0367. The van der Waals surface area contributed by atoms with Crippen molar-refractivity contribution in [1.82, 2.24) is 8.61 Å². The minimum Gasteiger partial charge on any atom is -0.495 e. The Labute approximate surface area is 232 Å². The summed E-state index contributed by atoms with van der Waals surface area (Å²) >= 11 is 12.3. The molecular weight excluding hydrogens is 577 g/mol. The Bertz CT molecular complexity index is 1370. The van der Waals surface area contributed by atoms with Crippen LogP contribution in [0.2, 0.25) is 10.0 Å². The highest BCUT2D eigenvalue weighted by Crippen LogP contribution is 2.32. The average molecular weight is 607 g/mol.